The van der Waals surface area contributed by atoms with Crippen LogP contribution in [0.1, 0.15) is 12.8 Å². The van der Waals surface area contributed by atoms with Crippen molar-refractivity contribution < 1.29 is 14.7 Å². The zero-order chi connectivity index (χ0) is 13.7. The molecule has 6 nitrogen and oxygen atoms in total. The van der Waals surface area contributed by atoms with E-state index in [0.29, 0.717) is 26.1 Å². The van der Waals surface area contributed by atoms with Crippen LogP contribution in [0.15, 0.2) is 0 Å². The van der Waals surface area contributed by atoms with Gasteiger partial charge in [-0.05, 0) is 26.9 Å². The van der Waals surface area contributed by atoms with Crippen molar-refractivity contribution in [3.8, 4) is 0 Å². The lowest BCUT2D eigenvalue weighted by atomic mass is 9.99. The number of rotatable bonds is 4. The maximum atomic E-state index is 12.1. The summed E-state index contributed by atoms with van der Waals surface area (Å²) >= 11 is 0. The van der Waals surface area contributed by atoms with E-state index in [1.165, 1.54) is 0 Å². The third-order valence-corrected chi connectivity index (χ3v) is 3.25. The van der Waals surface area contributed by atoms with E-state index in [9.17, 15) is 9.59 Å². The van der Waals surface area contributed by atoms with Crippen LogP contribution in [-0.4, -0.2) is 79.1 Å². The summed E-state index contributed by atoms with van der Waals surface area (Å²) in [5.74, 6) is -1.21. The Bertz CT molecular complexity index is 307. The first-order valence-corrected chi connectivity index (χ1v) is 6.29. The molecule has 0 radical (unpaired) electrons. The minimum absolute atomic E-state index is 0.0669. The molecule has 0 aromatic carbocycles. The van der Waals surface area contributed by atoms with Gasteiger partial charge in [-0.2, -0.15) is 0 Å². The van der Waals surface area contributed by atoms with Crippen LogP contribution in [0.5, 0.6) is 0 Å². The number of aliphatic carboxylic acids is 1. The summed E-state index contributed by atoms with van der Waals surface area (Å²) in [6, 6.07) is -0.0669. The van der Waals surface area contributed by atoms with Crippen LogP contribution in [-0.2, 0) is 4.79 Å². The zero-order valence-corrected chi connectivity index (χ0v) is 11.4. The Morgan fingerprint density at radius 2 is 1.94 bits per heavy atom. The van der Waals surface area contributed by atoms with Gasteiger partial charge in [-0.3, -0.25) is 4.79 Å². The summed E-state index contributed by atoms with van der Waals surface area (Å²) in [7, 11) is 5.68. The molecule has 1 fully saturated rings. The van der Waals surface area contributed by atoms with Gasteiger partial charge in [0.15, 0.2) is 0 Å². The number of amides is 2. The van der Waals surface area contributed by atoms with Gasteiger partial charge in [0.05, 0.1) is 5.92 Å². The third kappa shape index (κ3) is 4.18. The van der Waals surface area contributed by atoms with Gasteiger partial charge >= 0.3 is 12.0 Å². The van der Waals surface area contributed by atoms with Crippen LogP contribution in [0.3, 0.4) is 0 Å². The number of urea groups is 1. The topological polar surface area (TPSA) is 64.1 Å². The van der Waals surface area contributed by atoms with E-state index in [2.05, 4.69) is 0 Å². The lowest BCUT2D eigenvalue weighted by Crippen LogP contribution is -2.48. The molecule has 6 heteroatoms. The minimum Gasteiger partial charge on any atom is -0.481 e. The van der Waals surface area contributed by atoms with E-state index in [1.54, 1.807) is 16.8 Å². The van der Waals surface area contributed by atoms with Crippen LogP contribution in [0.4, 0.5) is 4.79 Å². The highest BCUT2D eigenvalue weighted by atomic mass is 16.4. The Labute approximate surface area is 108 Å². The summed E-state index contributed by atoms with van der Waals surface area (Å²) in [6.07, 6.45) is 1.44. The maximum absolute atomic E-state index is 12.1. The van der Waals surface area contributed by atoms with Gasteiger partial charge in [-0.25, -0.2) is 4.79 Å². The lowest BCUT2D eigenvalue weighted by molar-refractivity contribution is -0.143. The highest BCUT2D eigenvalue weighted by Gasteiger charge is 2.29. The second-order valence-electron chi connectivity index (χ2n) is 5.13. The van der Waals surface area contributed by atoms with Gasteiger partial charge < -0.3 is 19.8 Å². The Hall–Kier alpha value is -1.30. The molecule has 0 spiro atoms. The summed E-state index contributed by atoms with van der Waals surface area (Å²) in [5.41, 5.74) is 0. The molecule has 0 unspecified atom stereocenters. The molecule has 104 valence electrons. The molecule has 2 amide bonds. The molecule has 1 rings (SSSR count). The van der Waals surface area contributed by atoms with E-state index in [0.717, 1.165) is 13.0 Å². The summed E-state index contributed by atoms with van der Waals surface area (Å²) in [6.45, 7) is 2.45. The molecule has 1 aliphatic rings. The third-order valence-electron chi connectivity index (χ3n) is 3.25. The van der Waals surface area contributed by atoms with Crippen LogP contribution < -0.4 is 0 Å². The number of hydrogen-bond acceptors (Lipinski definition) is 3. The van der Waals surface area contributed by atoms with Crippen molar-refractivity contribution in [2.75, 3.05) is 47.3 Å². The second kappa shape index (κ2) is 6.58. The molecular formula is C12H23N3O3. The predicted octanol–water partition coefficient (Wildman–Crippen LogP) is 0.396. The van der Waals surface area contributed by atoms with Crippen molar-refractivity contribution in [2.45, 2.75) is 12.8 Å². The van der Waals surface area contributed by atoms with E-state index < -0.39 is 11.9 Å². The number of likely N-dealkylation sites (N-methyl/N-ethyl adjacent to an activating group) is 2. The number of nitrogens with zero attached hydrogens (tertiary/aromatic N) is 3. The Morgan fingerprint density at radius 3 is 2.50 bits per heavy atom. The van der Waals surface area contributed by atoms with Gasteiger partial charge in [0.1, 0.15) is 0 Å². The van der Waals surface area contributed by atoms with Crippen LogP contribution >= 0.6 is 0 Å². The predicted molar refractivity (Wildman–Crippen MR) is 68.5 cm³/mol. The standard InChI is InChI=1S/C12H23N3O3/c1-13(2)7-8-14(3)12(18)15-6-4-5-10(9-15)11(16)17/h10H,4-9H2,1-3H3,(H,16,17)/t10-/m0/s1. The van der Waals surface area contributed by atoms with E-state index in [4.69, 9.17) is 5.11 Å². The van der Waals surface area contributed by atoms with Crippen LogP contribution in [0, 0.1) is 5.92 Å². The first-order chi connectivity index (χ1) is 8.41. The van der Waals surface area contributed by atoms with Crippen molar-refractivity contribution in [1.29, 1.82) is 0 Å². The zero-order valence-electron chi connectivity index (χ0n) is 11.4. The number of hydrogen-bond donors (Lipinski definition) is 1. The molecule has 0 aliphatic carbocycles. The number of likely N-dealkylation sites (tertiary alicyclic amines) is 1. The first-order valence-electron chi connectivity index (χ1n) is 6.29. The van der Waals surface area contributed by atoms with Gasteiger partial charge in [0.25, 0.3) is 0 Å². The monoisotopic (exact) mass is 257 g/mol. The van der Waals surface area contributed by atoms with Crippen LogP contribution in [0.2, 0.25) is 0 Å². The normalized spacial score (nSPS) is 20.0. The SMILES string of the molecule is CN(C)CCN(C)C(=O)N1CCC[C@H](C(=O)O)C1. The van der Waals surface area contributed by atoms with Crippen molar-refractivity contribution in [1.82, 2.24) is 14.7 Å². The fraction of sp³-hybridized carbons (Fsp3) is 0.833. The quantitative estimate of drug-likeness (QED) is 0.791. The highest BCUT2D eigenvalue weighted by molar-refractivity contribution is 5.76. The molecule has 0 saturated carbocycles. The Morgan fingerprint density at radius 1 is 1.28 bits per heavy atom. The Balaban J connectivity index is 2.47. The number of piperidine rings is 1. The molecule has 0 bridgehead atoms. The van der Waals surface area contributed by atoms with E-state index in [-0.39, 0.29) is 6.03 Å². The average molecular weight is 257 g/mol. The highest BCUT2D eigenvalue weighted by Crippen LogP contribution is 2.17. The second-order valence-corrected chi connectivity index (χ2v) is 5.13. The smallest absolute Gasteiger partial charge is 0.319 e. The van der Waals surface area contributed by atoms with Crippen molar-refractivity contribution in [2.24, 2.45) is 5.92 Å². The van der Waals surface area contributed by atoms with Crippen molar-refractivity contribution in [3.63, 3.8) is 0 Å². The van der Waals surface area contributed by atoms with E-state index in [1.807, 2.05) is 19.0 Å². The molecule has 0 aromatic heterocycles. The fourth-order valence-corrected chi connectivity index (χ4v) is 2.04. The molecule has 0 aromatic rings. The van der Waals surface area contributed by atoms with Gasteiger partial charge in [-0.1, -0.05) is 0 Å². The van der Waals surface area contributed by atoms with Crippen molar-refractivity contribution >= 4 is 12.0 Å². The molecule has 1 heterocycles. The fourth-order valence-electron chi connectivity index (χ4n) is 2.04. The molecular weight excluding hydrogens is 234 g/mol. The summed E-state index contributed by atoms with van der Waals surface area (Å²) in [5, 5.41) is 8.99. The number of carbonyl (C=O) groups excluding carboxylic acids is 1. The largest absolute Gasteiger partial charge is 0.481 e. The van der Waals surface area contributed by atoms with Crippen LogP contribution in [0.25, 0.3) is 0 Å². The Kier molecular flexibility index (Phi) is 5.40. The molecule has 1 aliphatic heterocycles. The minimum atomic E-state index is -0.802. The number of carbonyl (C=O) groups is 2. The first kappa shape index (κ1) is 14.8. The number of carboxylic acid groups (broad SMARTS) is 1. The van der Waals surface area contributed by atoms with Gasteiger partial charge in [-0.15, -0.1) is 0 Å². The van der Waals surface area contributed by atoms with E-state index >= 15 is 0 Å². The van der Waals surface area contributed by atoms with Crippen molar-refractivity contribution in [3.05, 3.63) is 0 Å². The number of carboxylic acids is 1. The molecule has 18 heavy (non-hydrogen) atoms. The summed E-state index contributed by atoms with van der Waals surface area (Å²) < 4.78 is 0. The van der Waals surface area contributed by atoms with Gasteiger partial charge in [0.2, 0.25) is 0 Å². The molecule has 1 atom stereocenters. The maximum Gasteiger partial charge on any atom is 0.319 e. The molecule has 1 saturated heterocycles. The summed E-state index contributed by atoms with van der Waals surface area (Å²) in [4.78, 5) is 28.4. The molecule has 1 N–H and O–H groups in total. The average Bonchev–Trinajstić information content (AvgIpc) is 2.35. The lowest BCUT2D eigenvalue weighted by Gasteiger charge is -2.34. The van der Waals surface area contributed by atoms with Gasteiger partial charge in [0, 0.05) is 33.2 Å².